The third kappa shape index (κ3) is 14.5. The van der Waals surface area contributed by atoms with E-state index in [2.05, 4.69) is 393 Å². The standard InChI is InChI=1S/C116H98N6O2.Pd/c1-9-87-91(13-5)113-111(78-54-62-85(63-55-78)123-71-73-48-52-77(53-49-73)108-97-45-31-29-43-95(97)107(75-34-21-17-22-35-75)96-44-30-32-46-98(96)108)114-92(14-6)88(10-2)102(118-114)70-104-90(12-4)94(16-8)116(120-104)112(115-93(15-7)89(11-3)103(119-115)69-101(87)117-113)79-56-64-86(65-57-79)124-72-74-50-60-84(61-51-74)122(83-41-27-20-28-42-83)106-68-80-59-67-105(100-66-58-76-36-33-47-99(106)109(76)110(80)100)121(81-37-23-18-24-38-81)82-39-25-19-26-40-82;/h17-70H,9-16,71-72H2,1-8H3;/q-2;+2. The predicted octanol–water partition coefficient (Wildman–Crippen LogP) is 31.3. The molecule has 15 aromatic carbocycles. The van der Waals surface area contributed by atoms with Crippen LogP contribution >= 0.6 is 0 Å². The molecule has 8 bridgehead atoms. The van der Waals surface area contributed by atoms with Crippen molar-refractivity contribution in [1.29, 1.82) is 0 Å². The SMILES string of the molecule is CCC1=C(CC)c2nc1cc1[n-]c(c(CC)c1CC)c(-c1ccc(OCc3ccc(-c4c5ccccc5c(-c5ccccc5)c5ccccc45)cc3)cc1)c1nc(cc3[n-]c(c(CC)c3CC)c2-c2ccc(OCc3ccc(N(c4ccccc4)c4cc5ccc(N(c6ccccc6)c6ccccc6)c6ccc7cccc4c7c56)cc3)cc2)C(CC)=C1CC.[Pd+2]. The van der Waals surface area contributed by atoms with E-state index in [-0.39, 0.29) is 20.4 Å². The Morgan fingerprint density at radius 1 is 0.272 bits per heavy atom. The summed E-state index contributed by atoms with van der Waals surface area (Å²) < 4.78 is 13.6. The number of para-hydroxylation sites is 3. The minimum atomic E-state index is 0. The Balaban J connectivity index is 0.0000102. The molecule has 0 spiro atoms. The fourth-order valence-corrected chi connectivity index (χ4v) is 20.0. The van der Waals surface area contributed by atoms with E-state index in [1.807, 2.05) is 0 Å². The molecule has 0 unspecified atom stereocenters. The molecule has 3 aromatic heterocycles. The molecule has 614 valence electrons. The largest absolute Gasteiger partial charge is 2.00 e. The summed E-state index contributed by atoms with van der Waals surface area (Å²) in [5.41, 5.74) is 35.4. The molecule has 0 radical (unpaired) electrons. The van der Waals surface area contributed by atoms with Crippen LogP contribution in [0, 0.1) is 0 Å². The molecule has 0 N–H and O–H groups in total. The van der Waals surface area contributed by atoms with Crippen LogP contribution in [0.4, 0.5) is 34.1 Å². The molecule has 0 saturated carbocycles. The minimum absolute atomic E-state index is 0. The summed E-state index contributed by atoms with van der Waals surface area (Å²) in [6.07, 6.45) is 6.40. The summed E-state index contributed by atoms with van der Waals surface area (Å²) in [6, 6.07) is 119. The van der Waals surface area contributed by atoms with E-state index in [1.165, 1.54) is 121 Å². The Bertz CT molecular complexity index is 7240. The first-order valence-corrected chi connectivity index (χ1v) is 44.4. The van der Waals surface area contributed by atoms with Gasteiger partial charge in [0.15, 0.2) is 0 Å². The van der Waals surface area contributed by atoms with Gasteiger partial charge in [-0.05, 0) is 257 Å². The molecule has 2 aliphatic heterocycles. The van der Waals surface area contributed by atoms with Gasteiger partial charge >= 0.3 is 20.4 Å². The Morgan fingerprint density at radius 2 is 0.624 bits per heavy atom. The zero-order chi connectivity index (χ0) is 84.1. The van der Waals surface area contributed by atoms with Crippen LogP contribution in [0.2, 0.25) is 0 Å². The monoisotopic (exact) mass is 1710 g/mol. The van der Waals surface area contributed by atoms with Gasteiger partial charge in [-0.3, -0.25) is 0 Å². The number of hydrogen-bond donors (Lipinski definition) is 0. The normalized spacial score (nSPS) is 12.2. The average Bonchev–Trinajstić information content (AvgIpc) is 1.32. The quantitative estimate of drug-likeness (QED) is 0.0336. The summed E-state index contributed by atoms with van der Waals surface area (Å²) in [6.45, 7) is 19.0. The van der Waals surface area contributed by atoms with Crippen molar-refractivity contribution >= 4 is 132 Å². The summed E-state index contributed by atoms with van der Waals surface area (Å²) in [7, 11) is 0. The van der Waals surface area contributed by atoms with Crippen molar-refractivity contribution in [2.45, 2.75) is 120 Å². The van der Waals surface area contributed by atoms with Crippen molar-refractivity contribution in [2.75, 3.05) is 9.80 Å². The van der Waals surface area contributed by atoms with Crippen molar-refractivity contribution in [2.24, 2.45) is 0 Å². The van der Waals surface area contributed by atoms with Crippen LogP contribution in [0.5, 0.6) is 11.5 Å². The van der Waals surface area contributed by atoms with Gasteiger partial charge < -0.3 is 29.2 Å². The molecule has 0 atom stereocenters. The van der Waals surface area contributed by atoms with E-state index in [0.29, 0.717) is 13.2 Å². The van der Waals surface area contributed by atoms with E-state index in [1.54, 1.807) is 0 Å². The number of benzene rings is 15. The Labute approximate surface area is 746 Å². The average molecular weight is 1710 g/mol. The Hall–Kier alpha value is -13.7. The third-order valence-electron chi connectivity index (χ3n) is 25.7. The van der Waals surface area contributed by atoms with Crippen molar-refractivity contribution in [3.8, 4) is 56.0 Å². The van der Waals surface area contributed by atoms with Crippen LogP contribution in [0.3, 0.4) is 0 Å². The van der Waals surface area contributed by atoms with Gasteiger partial charge in [-0.1, -0.05) is 320 Å². The summed E-state index contributed by atoms with van der Waals surface area (Å²) in [5, 5.41) is 12.2. The molecule has 0 amide bonds. The second-order valence-corrected chi connectivity index (χ2v) is 32.5. The van der Waals surface area contributed by atoms with Crippen molar-refractivity contribution in [3.63, 3.8) is 0 Å². The zero-order valence-corrected chi connectivity index (χ0v) is 73.6. The molecule has 5 heterocycles. The summed E-state index contributed by atoms with van der Waals surface area (Å²) in [4.78, 5) is 28.3. The van der Waals surface area contributed by atoms with Crippen molar-refractivity contribution < 1.29 is 29.9 Å². The van der Waals surface area contributed by atoms with Gasteiger partial charge in [-0.15, -0.1) is 22.1 Å². The van der Waals surface area contributed by atoms with Gasteiger partial charge in [-0.25, -0.2) is 9.97 Å². The Kier molecular flexibility index (Phi) is 22.6. The van der Waals surface area contributed by atoms with Crippen LogP contribution in [-0.2, 0) is 59.3 Å². The zero-order valence-electron chi connectivity index (χ0n) is 72.1. The first kappa shape index (κ1) is 81.0. The van der Waals surface area contributed by atoms with Crippen molar-refractivity contribution in [3.05, 3.63) is 384 Å². The van der Waals surface area contributed by atoms with E-state index in [4.69, 9.17) is 29.4 Å². The molecular weight excluding hydrogens is 1620 g/mol. The maximum Gasteiger partial charge on any atom is 2.00 e. The van der Waals surface area contributed by atoms with E-state index in [9.17, 15) is 0 Å². The second-order valence-electron chi connectivity index (χ2n) is 32.5. The molecule has 20 rings (SSSR count). The molecule has 8 nitrogen and oxygen atoms in total. The van der Waals surface area contributed by atoms with E-state index < -0.39 is 0 Å². The molecule has 0 saturated heterocycles. The number of aryl methyl sites for hydroxylation is 4. The van der Waals surface area contributed by atoms with Crippen LogP contribution < -0.4 is 29.2 Å². The molecule has 0 fully saturated rings. The van der Waals surface area contributed by atoms with E-state index in [0.717, 1.165) is 175 Å². The molecule has 9 heteroatoms. The predicted molar refractivity (Wildman–Crippen MR) is 523 cm³/mol. The summed E-state index contributed by atoms with van der Waals surface area (Å²) in [5.74, 6) is 1.57. The fraction of sp³-hybridized carbons (Fsp3) is 0.155. The van der Waals surface area contributed by atoms with Gasteiger partial charge in [0, 0.05) is 33.5 Å². The van der Waals surface area contributed by atoms with E-state index >= 15 is 0 Å². The maximum atomic E-state index is 6.82. The number of nitrogens with zero attached hydrogens (tertiary/aromatic N) is 6. The van der Waals surface area contributed by atoms with Gasteiger partial charge in [-0.2, -0.15) is 0 Å². The van der Waals surface area contributed by atoms with Crippen LogP contribution in [0.25, 0.3) is 143 Å². The van der Waals surface area contributed by atoms with Crippen LogP contribution in [0.15, 0.2) is 328 Å². The topological polar surface area (TPSA) is 78.9 Å². The molecular formula is C116H98N6O2Pd. The van der Waals surface area contributed by atoms with Gasteiger partial charge in [0.25, 0.3) is 0 Å². The maximum absolute atomic E-state index is 6.82. The first-order chi connectivity index (χ1) is 61.2. The number of ether oxygens (including phenoxy) is 2. The first-order valence-electron chi connectivity index (χ1n) is 44.4. The molecule has 125 heavy (non-hydrogen) atoms. The van der Waals surface area contributed by atoms with Gasteiger partial charge in [0.05, 0.1) is 34.2 Å². The molecule has 0 aliphatic carbocycles. The second kappa shape index (κ2) is 34.9. The number of allylic oxidation sites excluding steroid dienone is 4. The number of hydrogen-bond acceptors (Lipinski definition) is 6. The van der Waals surface area contributed by atoms with Crippen LogP contribution in [0.1, 0.15) is 137 Å². The fourth-order valence-electron chi connectivity index (χ4n) is 20.0. The van der Waals surface area contributed by atoms with Gasteiger partial charge in [0.1, 0.15) is 24.7 Å². The molecule has 2 aliphatic rings. The number of fused-ring (bicyclic) bond motifs is 10. The smallest absolute Gasteiger partial charge is 0.657 e. The van der Waals surface area contributed by atoms with Gasteiger partial charge in [0.2, 0.25) is 0 Å². The number of rotatable bonds is 24. The minimum Gasteiger partial charge on any atom is -0.657 e. The molecule has 18 aromatic rings. The van der Waals surface area contributed by atoms with Crippen LogP contribution in [-0.4, -0.2) is 9.97 Å². The summed E-state index contributed by atoms with van der Waals surface area (Å²) >= 11 is 0. The number of aromatic nitrogens is 4. The third-order valence-corrected chi connectivity index (χ3v) is 25.7. The Morgan fingerprint density at radius 3 is 1.06 bits per heavy atom. The van der Waals surface area contributed by atoms with Crippen molar-refractivity contribution in [1.82, 2.24) is 19.9 Å². The number of anilines is 6.